The summed E-state index contributed by atoms with van der Waals surface area (Å²) in [6.45, 7) is 3.05. The van der Waals surface area contributed by atoms with Gasteiger partial charge < -0.3 is 10.6 Å². The number of unbranched alkanes of at least 4 members (excludes halogenated alkanes) is 1. The number of nitrogens with zero attached hydrogens (tertiary/aromatic N) is 1. The zero-order valence-electron chi connectivity index (χ0n) is 11.6. The van der Waals surface area contributed by atoms with Crippen molar-refractivity contribution in [2.24, 2.45) is 0 Å². The summed E-state index contributed by atoms with van der Waals surface area (Å²) >= 11 is 0. The SMILES string of the molecule is CCCCNc1ccnc(C(=O)Nc2ccccc2)c1. The molecule has 1 amide bonds. The van der Waals surface area contributed by atoms with Gasteiger partial charge in [-0.3, -0.25) is 9.78 Å². The second kappa shape index (κ2) is 7.28. The lowest BCUT2D eigenvalue weighted by Gasteiger charge is -2.08. The minimum absolute atomic E-state index is 0.199. The number of hydrogen-bond donors (Lipinski definition) is 2. The molecule has 0 unspecified atom stereocenters. The van der Waals surface area contributed by atoms with Crippen LogP contribution in [0.15, 0.2) is 48.7 Å². The lowest BCUT2D eigenvalue weighted by atomic mass is 10.2. The van der Waals surface area contributed by atoms with E-state index in [-0.39, 0.29) is 5.91 Å². The average Bonchev–Trinajstić information content (AvgIpc) is 2.49. The number of para-hydroxylation sites is 1. The fraction of sp³-hybridized carbons (Fsp3) is 0.250. The molecule has 4 heteroatoms. The van der Waals surface area contributed by atoms with E-state index < -0.39 is 0 Å². The maximum atomic E-state index is 12.1. The van der Waals surface area contributed by atoms with Crippen LogP contribution in [0, 0.1) is 0 Å². The molecule has 2 rings (SSSR count). The highest BCUT2D eigenvalue weighted by Crippen LogP contribution is 2.11. The molecule has 4 nitrogen and oxygen atoms in total. The van der Waals surface area contributed by atoms with Gasteiger partial charge in [-0.25, -0.2) is 0 Å². The van der Waals surface area contributed by atoms with Gasteiger partial charge >= 0.3 is 0 Å². The molecule has 0 aliphatic rings. The van der Waals surface area contributed by atoms with E-state index in [1.165, 1.54) is 0 Å². The summed E-state index contributed by atoms with van der Waals surface area (Å²) in [5, 5.41) is 6.11. The van der Waals surface area contributed by atoms with Crippen molar-refractivity contribution in [3.8, 4) is 0 Å². The number of pyridine rings is 1. The van der Waals surface area contributed by atoms with Crippen molar-refractivity contribution in [1.82, 2.24) is 4.98 Å². The van der Waals surface area contributed by atoms with Gasteiger partial charge in [-0.2, -0.15) is 0 Å². The quantitative estimate of drug-likeness (QED) is 0.789. The summed E-state index contributed by atoms with van der Waals surface area (Å²) < 4.78 is 0. The molecule has 1 heterocycles. The number of carbonyl (C=O) groups excluding carboxylic acids is 1. The monoisotopic (exact) mass is 269 g/mol. The Morgan fingerprint density at radius 3 is 2.70 bits per heavy atom. The van der Waals surface area contributed by atoms with E-state index in [1.54, 1.807) is 12.3 Å². The standard InChI is InChI=1S/C16H19N3O/c1-2-3-10-17-14-9-11-18-15(12-14)16(20)19-13-7-5-4-6-8-13/h4-9,11-12H,2-3,10H2,1H3,(H,17,18)(H,19,20). The Balaban J connectivity index is 2.01. The Morgan fingerprint density at radius 2 is 1.95 bits per heavy atom. The molecule has 0 saturated carbocycles. The second-order valence-electron chi connectivity index (χ2n) is 4.53. The first-order valence-electron chi connectivity index (χ1n) is 6.86. The zero-order chi connectivity index (χ0) is 14.2. The fourth-order valence-electron chi connectivity index (χ4n) is 1.79. The molecule has 0 aliphatic carbocycles. The molecule has 0 aliphatic heterocycles. The van der Waals surface area contributed by atoms with Gasteiger partial charge in [0.15, 0.2) is 0 Å². The Kier molecular flexibility index (Phi) is 5.12. The van der Waals surface area contributed by atoms with Crippen LogP contribution in [-0.4, -0.2) is 17.4 Å². The van der Waals surface area contributed by atoms with E-state index in [0.29, 0.717) is 5.69 Å². The van der Waals surface area contributed by atoms with Gasteiger partial charge in [0.1, 0.15) is 5.69 Å². The molecule has 104 valence electrons. The Labute approximate surface area is 119 Å². The summed E-state index contributed by atoms with van der Waals surface area (Å²) in [5.74, 6) is -0.199. The van der Waals surface area contributed by atoms with Crippen LogP contribution in [0.4, 0.5) is 11.4 Å². The number of aromatic nitrogens is 1. The molecule has 1 aromatic heterocycles. The summed E-state index contributed by atoms with van der Waals surface area (Å²) in [5.41, 5.74) is 2.10. The smallest absolute Gasteiger partial charge is 0.274 e. The highest BCUT2D eigenvalue weighted by Gasteiger charge is 2.08. The van der Waals surface area contributed by atoms with E-state index in [4.69, 9.17) is 0 Å². The van der Waals surface area contributed by atoms with Crippen LogP contribution in [0.25, 0.3) is 0 Å². The van der Waals surface area contributed by atoms with Crippen molar-refractivity contribution < 1.29 is 4.79 Å². The van der Waals surface area contributed by atoms with Crippen LogP contribution in [0.2, 0.25) is 0 Å². The zero-order valence-corrected chi connectivity index (χ0v) is 11.6. The van der Waals surface area contributed by atoms with E-state index in [1.807, 2.05) is 36.4 Å². The number of benzene rings is 1. The first kappa shape index (κ1) is 14.1. The lowest BCUT2D eigenvalue weighted by molar-refractivity contribution is 0.102. The third-order valence-electron chi connectivity index (χ3n) is 2.88. The topological polar surface area (TPSA) is 54.0 Å². The number of nitrogens with one attached hydrogen (secondary N) is 2. The summed E-state index contributed by atoms with van der Waals surface area (Å²) in [4.78, 5) is 16.2. The largest absolute Gasteiger partial charge is 0.385 e. The predicted octanol–water partition coefficient (Wildman–Crippen LogP) is 3.55. The maximum Gasteiger partial charge on any atom is 0.274 e. The van der Waals surface area contributed by atoms with Gasteiger partial charge in [-0.05, 0) is 30.7 Å². The van der Waals surface area contributed by atoms with Gasteiger partial charge in [-0.15, -0.1) is 0 Å². The van der Waals surface area contributed by atoms with Crippen molar-refractivity contribution in [2.45, 2.75) is 19.8 Å². The Bertz CT molecular complexity index is 555. The minimum Gasteiger partial charge on any atom is -0.385 e. The number of anilines is 2. The molecular formula is C16H19N3O. The Hall–Kier alpha value is -2.36. The third-order valence-corrected chi connectivity index (χ3v) is 2.88. The molecule has 0 radical (unpaired) electrons. The van der Waals surface area contributed by atoms with Crippen molar-refractivity contribution in [1.29, 1.82) is 0 Å². The summed E-state index contributed by atoms with van der Waals surface area (Å²) in [6, 6.07) is 13.0. The van der Waals surface area contributed by atoms with Gasteiger partial charge in [0.2, 0.25) is 0 Å². The van der Waals surface area contributed by atoms with E-state index in [9.17, 15) is 4.79 Å². The van der Waals surface area contributed by atoms with Gasteiger partial charge in [0.05, 0.1) is 0 Å². The van der Waals surface area contributed by atoms with Crippen molar-refractivity contribution >= 4 is 17.3 Å². The molecule has 1 aromatic carbocycles. The fourth-order valence-corrected chi connectivity index (χ4v) is 1.79. The lowest BCUT2D eigenvalue weighted by Crippen LogP contribution is -2.14. The molecule has 0 saturated heterocycles. The molecule has 2 aromatic rings. The molecule has 2 N–H and O–H groups in total. The maximum absolute atomic E-state index is 12.1. The molecule has 0 fully saturated rings. The number of rotatable bonds is 6. The Morgan fingerprint density at radius 1 is 1.15 bits per heavy atom. The van der Waals surface area contributed by atoms with Crippen LogP contribution in [-0.2, 0) is 0 Å². The van der Waals surface area contributed by atoms with E-state index in [0.717, 1.165) is 30.8 Å². The van der Waals surface area contributed by atoms with Crippen molar-refractivity contribution in [3.63, 3.8) is 0 Å². The van der Waals surface area contributed by atoms with Crippen LogP contribution < -0.4 is 10.6 Å². The second-order valence-corrected chi connectivity index (χ2v) is 4.53. The van der Waals surface area contributed by atoms with Crippen LogP contribution in [0.5, 0.6) is 0 Å². The minimum atomic E-state index is -0.199. The summed E-state index contributed by atoms with van der Waals surface area (Å²) in [7, 11) is 0. The highest BCUT2D eigenvalue weighted by atomic mass is 16.1. The average molecular weight is 269 g/mol. The van der Waals surface area contributed by atoms with Gasteiger partial charge in [-0.1, -0.05) is 31.5 Å². The molecule has 0 spiro atoms. The van der Waals surface area contributed by atoms with Crippen molar-refractivity contribution in [3.05, 3.63) is 54.4 Å². The van der Waals surface area contributed by atoms with Crippen molar-refractivity contribution in [2.75, 3.05) is 17.2 Å². The first-order chi connectivity index (χ1) is 9.79. The summed E-state index contributed by atoms with van der Waals surface area (Å²) in [6.07, 6.45) is 3.89. The molecule has 0 bridgehead atoms. The molecule has 0 atom stereocenters. The number of amides is 1. The third kappa shape index (κ3) is 4.09. The van der Waals surface area contributed by atoms with Crippen LogP contribution >= 0.6 is 0 Å². The predicted molar refractivity (Wildman–Crippen MR) is 82.0 cm³/mol. The van der Waals surface area contributed by atoms with Crippen LogP contribution in [0.3, 0.4) is 0 Å². The van der Waals surface area contributed by atoms with E-state index >= 15 is 0 Å². The number of hydrogen-bond acceptors (Lipinski definition) is 3. The highest BCUT2D eigenvalue weighted by molar-refractivity contribution is 6.03. The molecular weight excluding hydrogens is 250 g/mol. The van der Waals surface area contributed by atoms with E-state index in [2.05, 4.69) is 22.5 Å². The normalized spacial score (nSPS) is 10.1. The van der Waals surface area contributed by atoms with Gasteiger partial charge in [0, 0.05) is 24.1 Å². The van der Waals surface area contributed by atoms with Crippen LogP contribution in [0.1, 0.15) is 30.3 Å². The van der Waals surface area contributed by atoms with Gasteiger partial charge in [0.25, 0.3) is 5.91 Å². The first-order valence-corrected chi connectivity index (χ1v) is 6.86. The molecule has 20 heavy (non-hydrogen) atoms. The number of carbonyl (C=O) groups is 1.